The zero-order chi connectivity index (χ0) is 20.7. The molecule has 0 spiro atoms. The first-order chi connectivity index (χ1) is 13.3. The van der Waals surface area contributed by atoms with Gasteiger partial charge in [-0.1, -0.05) is 19.1 Å². The highest BCUT2D eigenvalue weighted by Gasteiger charge is 2.27. The number of carbonyl (C=O) groups is 1. The van der Waals surface area contributed by atoms with Gasteiger partial charge >= 0.3 is 0 Å². The van der Waals surface area contributed by atoms with Crippen LogP contribution < -0.4 is 14.8 Å². The fourth-order valence-electron chi connectivity index (χ4n) is 2.81. The third-order valence-electron chi connectivity index (χ3n) is 4.17. The minimum Gasteiger partial charge on any atom is -0.497 e. The first kappa shape index (κ1) is 21.7. The van der Waals surface area contributed by atoms with Gasteiger partial charge in [-0.2, -0.15) is 4.31 Å². The lowest BCUT2D eigenvalue weighted by Gasteiger charge is -2.22. The normalized spacial score (nSPS) is 11.3. The average molecular weight is 407 g/mol. The summed E-state index contributed by atoms with van der Waals surface area (Å²) in [6.45, 7) is 3.50. The second-order valence-electron chi connectivity index (χ2n) is 6.22. The van der Waals surface area contributed by atoms with Crippen LogP contribution >= 0.6 is 0 Å². The molecule has 0 aliphatic carbocycles. The molecule has 0 radical (unpaired) electrons. The van der Waals surface area contributed by atoms with Crippen molar-refractivity contribution in [2.75, 3.05) is 32.6 Å². The van der Waals surface area contributed by atoms with E-state index in [1.54, 1.807) is 43.3 Å². The van der Waals surface area contributed by atoms with Gasteiger partial charge in [-0.3, -0.25) is 4.79 Å². The van der Waals surface area contributed by atoms with Gasteiger partial charge in [-0.05, 0) is 49.2 Å². The minimum absolute atomic E-state index is 0.159. The summed E-state index contributed by atoms with van der Waals surface area (Å²) < 4.78 is 37.8. The summed E-state index contributed by atoms with van der Waals surface area (Å²) in [5.41, 5.74) is 1.05. The van der Waals surface area contributed by atoms with Crippen LogP contribution in [0.5, 0.6) is 11.5 Å². The molecule has 8 heteroatoms. The highest BCUT2D eigenvalue weighted by Crippen LogP contribution is 2.25. The Hall–Kier alpha value is -2.58. The number of anilines is 1. The van der Waals surface area contributed by atoms with E-state index in [2.05, 4.69) is 5.32 Å². The molecule has 0 bridgehead atoms. The Morgan fingerprint density at radius 1 is 1.11 bits per heavy atom. The van der Waals surface area contributed by atoms with Crippen molar-refractivity contribution in [2.24, 2.45) is 0 Å². The molecule has 0 atom stereocenters. The van der Waals surface area contributed by atoms with Crippen LogP contribution in [-0.4, -0.2) is 45.9 Å². The van der Waals surface area contributed by atoms with Crippen LogP contribution in [0, 0.1) is 6.92 Å². The van der Waals surface area contributed by atoms with Gasteiger partial charge in [0, 0.05) is 6.54 Å². The number of sulfonamides is 1. The number of nitrogens with zero attached hydrogens (tertiary/aromatic N) is 1. The second-order valence-corrected chi connectivity index (χ2v) is 8.12. The summed E-state index contributed by atoms with van der Waals surface area (Å²) in [6, 6.07) is 11.7. The van der Waals surface area contributed by atoms with Crippen molar-refractivity contribution in [1.82, 2.24) is 4.31 Å². The number of aryl methyl sites for hydroxylation is 1. The first-order valence-corrected chi connectivity index (χ1v) is 10.3. The Kier molecular flexibility index (Phi) is 7.42. The van der Waals surface area contributed by atoms with Gasteiger partial charge in [0.2, 0.25) is 15.9 Å². The number of para-hydroxylation sites is 2. The third kappa shape index (κ3) is 5.02. The summed E-state index contributed by atoms with van der Waals surface area (Å²) in [5.74, 6) is 0.645. The predicted octanol–water partition coefficient (Wildman–Crippen LogP) is 3.05. The van der Waals surface area contributed by atoms with Crippen molar-refractivity contribution in [3.63, 3.8) is 0 Å². The summed E-state index contributed by atoms with van der Waals surface area (Å²) >= 11 is 0. The Balaban J connectivity index is 2.25. The molecule has 0 unspecified atom stereocenters. The molecule has 2 aromatic rings. The number of rotatable bonds is 9. The molecular formula is C20H26N2O5S. The molecule has 0 saturated carbocycles. The topological polar surface area (TPSA) is 84.9 Å². The van der Waals surface area contributed by atoms with Crippen molar-refractivity contribution in [1.29, 1.82) is 0 Å². The maximum Gasteiger partial charge on any atom is 0.243 e. The lowest BCUT2D eigenvalue weighted by Crippen LogP contribution is -2.38. The number of hydrogen-bond acceptors (Lipinski definition) is 5. The van der Waals surface area contributed by atoms with Crippen LogP contribution in [0.25, 0.3) is 0 Å². The minimum atomic E-state index is -3.84. The average Bonchev–Trinajstić information content (AvgIpc) is 2.67. The number of amides is 1. The standard InChI is InChI=1S/C20H26N2O5S/c1-5-12-22(14-20(23)21-17-8-6-7-9-18(17)27-4)28(24,25)19-11-10-16(26-3)13-15(19)2/h6-11,13H,5,12,14H2,1-4H3,(H,21,23). The SMILES string of the molecule is CCCN(CC(=O)Nc1ccccc1OC)S(=O)(=O)c1ccc(OC)cc1C. The molecule has 0 aliphatic heterocycles. The van der Waals surface area contributed by atoms with Crippen molar-refractivity contribution in [3.8, 4) is 11.5 Å². The maximum atomic E-state index is 13.1. The van der Waals surface area contributed by atoms with Gasteiger partial charge < -0.3 is 14.8 Å². The molecule has 1 amide bonds. The van der Waals surface area contributed by atoms with E-state index in [0.29, 0.717) is 29.2 Å². The van der Waals surface area contributed by atoms with Crippen LogP contribution in [0.15, 0.2) is 47.4 Å². The van der Waals surface area contributed by atoms with E-state index >= 15 is 0 Å². The van der Waals surface area contributed by atoms with Crippen LogP contribution in [0.3, 0.4) is 0 Å². The Bertz CT molecular complexity index is 928. The van der Waals surface area contributed by atoms with E-state index in [1.807, 2.05) is 6.92 Å². The molecule has 2 rings (SSSR count). The lowest BCUT2D eigenvalue weighted by molar-refractivity contribution is -0.116. The van der Waals surface area contributed by atoms with Crippen LogP contribution in [0.2, 0.25) is 0 Å². The van der Waals surface area contributed by atoms with E-state index in [-0.39, 0.29) is 18.0 Å². The molecule has 0 heterocycles. The zero-order valence-corrected chi connectivity index (χ0v) is 17.4. The molecule has 0 aliphatic rings. The number of methoxy groups -OCH3 is 2. The molecule has 1 N–H and O–H groups in total. The Labute approximate surface area is 166 Å². The summed E-state index contributed by atoms with van der Waals surface area (Å²) in [7, 11) is -0.809. The third-order valence-corrected chi connectivity index (χ3v) is 6.18. The number of ether oxygens (including phenoxy) is 2. The van der Waals surface area contributed by atoms with Gasteiger partial charge in [0.15, 0.2) is 0 Å². The molecule has 0 saturated heterocycles. The largest absolute Gasteiger partial charge is 0.497 e. The maximum absolute atomic E-state index is 13.1. The molecule has 0 aromatic heterocycles. The van der Waals surface area contributed by atoms with Gasteiger partial charge in [-0.25, -0.2) is 8.42 Å². The zero-order valence-electron chi connectivity index (χ0n) is 16.6. The quantitative estimate of drug-likeness (QED) is 0.692. The van der Waals surface area contributed by atoms with Gasteiger partial charge in [0.25, 0.3) is 0 Å². The Morgan fingerprint density at radius 3 is 2.43 bits per heavy atom. The van der Waals surface area contributed by atoms with E-state index < -0.39 is 15.9 Å². The second kappa shape index (κ2) is 9.57. The van der Waals surface area contributed by atoms with Crippen molar-refractivity contribution >= 4 is 21.6 Å². The lowest BCUT2D eigenvalue weighted by atomic mass is 10.2. The van der Waals surface area contributed by atoms with Crippen LogP contribution in [0.4, 0.5) is 5.69 Å². The summed E-state index contributed by atoms with van der Waals surface area (Å²) in [4.78, 5) is 12.7. The van der Waals surface area contributed by atoms with Gasteiger partial charge in [-0.15, -0.1) is 0 Å². The smallest absolute Gasteiger partial charge is 0.243 e. The fraction of sp³-hybridized carbons (Fsp3) is 0.350. The molecule has 2 aromatic carbocycles. The molecular weight excluding hydrogens is 380 g/mol. The number of hydrogen-bond donors (Lipinski definition) is 1. The van der Waals surface area contributed by atoms with E-state index in [9.17, 15) is 13.2 Å². The predicted molar refractivity (Wildman–Crippen MR) is 108 cm³/mol. The molecule has 152 valence electrons. The monoisotopic (exact) mass is 406 g/mol. The summed E-state index contributed by atoms with van der Waals surface area (Å²) in [5, 5.41) is 2.72. The van der Waals surface area contributed by atoms with Crippen molar-refractivity contribution < 1.29 is 22.7 Å². The first-order valence-electron chi connectivity index (χ1n) is 8.91. The van der Waals surface area contributed by atoms with Gasteiger partial charge in [0.05, 0.1) is 31.3 Å². The van der Waals surface area contributed by atoms with Crippen LogP contribution in [-0.2, 0) is 14.8 Å². The van der Waals surface area contributed by atoms with E-state index in [1.165, 1.54) is 24.6 Å². The van der Waals surface area contributed by atoms with Gasteiger partial charge in [0.1, 0.15) is 11.5 Å². The molecule has 7 nitrogen and oxygen atoms in total. The van der Waals surface area contributed by atoms with E-state index in [4.69, 9.17) is 9.47 Å². The molecule has 28 heavy (non-hydrogen) atoms. The summed E-state index contributed by atoms with van der Waals surface area (Å²) in [6.07, 6.45) is 0.580. The fourth-order valence-corrected chi connectivity index (χ4v) is 4.50. The Morgan fingerprint density at radius 2 is 1.82 bits per heavy atom. The number of carbonyl (C=O) groups excluding carboxylic acids is 1. The van der Waals surface area contributed by atoms with Crippen LogP contribution in [0.1, 0.15) is 18.9 Å². The molecule has 0 fully saturated rings. The van der Waals surface area contributed by atoms with Crippen molar-refractivity contribution in [2.45, 2.75) is 25.2 Å². The number of benzene rings is 2. The highest BCUT2D eigenvalue weighted by atomic mass is 32.2. The highest BCUT2D eigenvalue weighted by molar-refractivity contribution is 7.89. The van der Waals surface area contributed by atoms with Crippen molar-refractivity contribution in [3.05, 3.63) is 48.0 Å². The number of nitrogens with one attached hydrogen (secondary N) is 1. The van der Waals surface area contributed by atoms with E-state index in [0.717, 1.165) is 0 Å².